The molecule has 2 rings (SSSR count). The van der Waals surface area contributed by atoms with Gasteiger partial charge in [0.25, 0.3) is 0 Å². The highest BCUT2D eigenvalue weighted by Crippen LogP contribution is 2.36. The largest absolute Gasteiger partial charge is 0.259 e. The molecule has 0 aliphatic carbocycles. The maximum absolute atomic E-state index is 10.6. The van der Waals surface area contributed by atoms with Crippen LogP contribution in [-0.2, 0) is 10.8 Å². The highest BCUT2D eigenvalue weighted by molar-refractivity contribution is 8.06. The Kier molecular flexibility index (Phi) is 1.57. The van der Waals surface area contributed by atoms with Crippen molar-refractivity contribution in [3.8, 4) is 0 Å². The Bertz CT molecular complexity index is 142. The highest BCUT2D eigenvalue weighted by Gasteiger charge is 2.34. The van der Waals surface area contributed by atoms with Crippen LogP contribution in [0.3, 0.4) is 0 Å². The summed E-state index contributed by atoms with van der Waals surface area (Å²) in [6.07, 6.45) is 2.55. The second kappa shape index (κ2) is 2.27. The Hall–Kier alpha value is 0.500. The van der Waals surface area contributed by atoms with Crippen LogP contribution in [0.1, 0.15) is 12.8 Å². The van der Waals surface area contributed by atoms with Crippen molar-refractivity contribution >= 4 is 22.6 Å². The van der Waals surface area contributed by atoms with Crippen LogP contribution in [0, 0.1) is 0 Å². The monoisotopic (exact) mass is 162 g/mol. The lowest BCUT2D eigenvalue weighted by molar-refractivity contribution is 0.689. The molecule has 0 N–H and O–H groups in total. The van der Waals surface area contributed by atoms with E-state index in [9.17, 15) is 4.21 Å². The molecule has 0 radical (unpaired) electrons. The fourth-order valence-corrected chi connectivity index (χ4v) is 2.59. The molecule has 52 valence electrons. The van der Waals surface area contributed by atoms with Gasteiger partial charge in [-0.25, -0.2) is 0 Å². The molecule has 0 saturated carbocycles. The Balaban J connectivity index is 1.62. The van der Waals surface area contributed by atoms with Crippen molar-refractivity contribution in [3.05, 3.63) is 0 Å². The minimum absolute atomic E-state index is 0.397. The predicted molar refractivity (Wildman–Crippen MR) is 42.3 cm³/mol. The van der Waals surface area contributed by atoms with Crippen LogP contribution in [0.4, 0.5) is 0 Å². The second-order valence-electron chi connectivity index (χ2n) is 2.70. The van der Waals surface area contributed by atoms with Crippen LogP contribution in [0.5, 0.6) is 0 Å². The smallest absolute Gasteiger partial charge is 0.0464 e. The van der Waals surface area contributed by atoms with Gasteiger partial charge in [-0.05, 0) is 12.8 Å². The van der Waals surface area contributed by atoms with Crippen molar-refractivity contribution in [2.24, 2.45) is 0 Å². The summed E-state index contributed by atoms with van der Waals surface area (Å²) in [5, 5.41) is 1.55. The Morgan fingerprint density at radius 1 is 1.56 bits per heavy atom. The summed E-state index contributed by atoms with van der Waals surface area (Å²) >= 11 is 2.04. The maximum atomic E-state index is 10.6. The van der Waals surface area contributed by atoms with E-state index < -0.39 is 10.8 Å². The normalized spacial score (nSPS) is 46.9. The summed E-state index contributed by atoms with van der Waals surface area (Å²) in [6.45, 7) is 0. The Labute approximate surface area is 62.0 Å². The third-order valence-corrected chi connectivity index (χ3v) is 4.31. The topological polar surface area (TPSA) is 17.1 Å². The van der Waals surface area contributed by atoms with Crippen molar-refractivity contribution in [3.63, 3.8) is 0 Å². The number of hydrogen-bond donors (Lipinski definition) is 0. The van der Waals surface area contributed by atoms with E-state index in [1.807, 2.05) is 11.8 Å². The van der Waals surface area contributed by atoms with Crippen molar-refractivity contribution in [2.75, 3.05) is 11.5 Å². The van der Waals surface area contributed by atoms with Gasteiger partial charge in [0.15, 0.2) is 0 Å². The predicted octanol–water partition coefficient (Wildman–Crippen LogP) is 1.01. The first kappa shape index (κ1) is 6.23. The van der Waals surface area contributed by atoms with Crippen LogP contribution in [-0.4, -0.2) is 26.2 Å². The molecule has 3 atom stereocenters. The van der Waals surface area contributed by atoms with Gasteiger partial charge in [0.05, 0.1) is 0 Å². The molecule has 3 unspecified atom stereocenters. The molecule has 2 aliphatic rings. The molecule has 0 spiro atoms. The van der Waals surface area contributed by atoms with E-state index >= 15 is 0 Å². The van der Waals surface area contributed by atoms with Gasteiger partial charge in [0, 0.05) is 32.8 Å². The summed E-state index contributed by atoms with van der Waals surface area (Å²) < 4.78 is 10.6. The fourth-order valence-electron chi connectivity index (χ4n) is 0.965. The lowest BCUT2D eigenvalue weighted by Gasteiger charge is -1.88. The van der Waals surface area contributed by atoms with E-state index in [1.54, 1.807) is 0 Å². The Morgan fingerprint density at radius 2 is 2.22 bits per heavy atom. The molecule has 0 aromatic carbocycles. The molecule has 2 saturated heterocycles. The quantitative estimate of drug-likeness (QED) is 0.576. The molecule has 0 amide bonds. The van der Waals surface area contributed by atoms with Gasteiger partial charge in [-0.1, -0.05) is 0 Å². The van der Waals surface area contributed by atoms with E-state index in [1.165, 1.54) is 18.6 Å². The van der Waals surface area contributed by atoms with Crippen LogP contribution in [0.15, 0.2) is 0 Å². The summed E-state index contributed by atoms with van der Waals surface area (Å²) in [4.78, 5) is 0. The van der Waals surface area contributed by atoms with Crippen LogP contribution >= 0.6 is 11.8 Å². The summed E-state index contributed by atoms with van der Waals surface area (Å²) in [5.41, 5.74) is 0. The number of rotatable bonds is 3. The SMILES string of the molecule is O=S1CC1CCC1CS1. The molecule has 1 nitrogen and oxygen atoms in total. The van der Waals surface area contributed by atoms with Crippen LogP contribution in [0.2, 0.25) is 0 Å². The molecule has 0 bridgehead atoms. The fraction of sp³-hybridized carbons (Fsp3) is 1.00. The van der Waals surface area contributed by atoms with Gasteiger partial charge in [0.2, 0.25) is 0 Å². The van der Waals surface area contributed by atoms with Gasteiger partial charge in [0.1, 0.15) is 0 Å². The maximum Gasteiger partial charge on any atom is 0.0464 e. The molecule has 0 aromatic heterocycles. The molecule has 2 fully saturated rings. The minimum atomic E-state index is -0.397. The van der Waals surface area contributed by atoms with Gasteiger partial charge < -0.3 is 0 Å². The lowest BCUT2D eigenvalue weighted by atomic mass is 10.2. The molecule has 2 aliphatic heterocycles. The average molecular weight is 162 g/mol. The van der Waals surface area contributed by atoms with Crippen LogP contribution < -0.4 is 0 Å². The van der Waals surface area contributed by atoms with E-state index in [-0.39, 0.29) is 0 Å². The average Bonchev–Trinajstić information content (AvgIpc) is 2.60. The van der Waals surface area contributed by atoms with Gasteiger partial charge in [-0.3, -0.25) is 4.21 Å². The van der Waals surface area contributed by atoms with E-state index in [2.05, 4.69) is 0 Å². The first-order valence-corrected chi connectivity index (χ1v) is 5.78. The van der Waals surface area contributed by atoms with E-state index in [0.29, 0.717) is 5.25 Å². The Morgan fingerprint density at radius 3 is 2.67 bits per heavy atom. The van der Waals surface area contributed by atoms with Crippen molar-refractivity contribution < 1.29 is 4.21 Å². The molecule has 2 heterocycles. The zero-order valence-electron chi connectivity index (χ0n) is 5.21. The minimum Gasteiger partial charge on any atom is -0.259 e. The number of hydrogen-bond acceptors (Lipinski definition) is 2. The van der Waals surface area contributed by atoms with Gasteiger partial charge in [-0.15, -0.1) is 0 Å². The standard InChI is InChI=1S/C6H10OS2/c7-9-4-6(9)2-1-5-3-8-5/h5-6H,1-4H2. The summed E-state index contributed by atoms with van der Waals surface area (Å²) in [6, 6.07) is 0. The van der Waals surface area contributed by atoms with Crippen molar-refractivity contribution in [1.82, 2.24) is 0 Å². The molecular formula is C6H10OS2. The second-order valence-corrected chi connectivity index (χ2v) is 5.80. The van der Waals surface area contributed by atoms with Crippen LogP contribution in [0.25, 0.3) is 0 Å². The molecular weight excluding hydrogens is 152 g/mol. The van der Waals surface area contributed by atoms with E-state index in [4.69, 9.17) is 0 Å². The number of thioether (sulfide) groups is 1. The third-order valence-electron chi connectivity index (χ3n) is 1.82. The lowest BCUT2D eigenvalue weighted by Crippen LogP contribution is -1.89. The van der Waals surface area contributed by atoms with Crippen molar-refractivity contribution in [1.29, 1.82) is 0 Å². The zero-order valence-corrected chi connectivity index (χ0v) is 6.84. The summed E-state index contributed by atoms with van der Waals surface area (Å²) in [7, 11) is -0.397. The van der Waals surface area contributed by atoms with E-state index in [0.717, 1.165) is 11.0 Å². The summed E-state index contributed by atoms with van der Waals surface area (Å²) in [5.74, 6) is 2.36. The first-order chi connectivity index (χ1) is 4.36. The highest BCUT2D eigenvalue weighted by atomic mass is 32.2. The van der Waals surface area contributed by atoms with Gasteiger partial charge >= 0.3 is 0 Å². The first-order valence-electron chi connectivity index (χ1n) is 3.35. The zero-order chi connectivity index (χ0) is 6.27. The van der Waals surface area contributed by atoms with Gasteiger partial charge in [-0.2, -0.15) is 11.8 Å². The third kappa shape index (κ3) is 1.71. The molecule has 3 heteroatoms. The molecule has 0 aromatic rings. The molecule has 9 heavy (non-hydrogen) atoms. The van der Waals surface area contributed by atoms with Crippen molar-refractivity contribution in [2.45, 2.75) is 23.3 Å².